The molecule has 0 radical (unpaired) electrons. The van der Waals surface area contributed by atoms with E-state index in [2.05, 4.69) is 9.47 Å². The van der Waals surface area contributed by atoms with Crippen molar-refractivity contribution in [3.8, 4) is 23.0 Å². The predicted molar refractivity (Wildman–Crippen MR) is 110 cm³/mol. The molecular weight excluding hydrogens is 517 g/mol. The fourth-order valence-electron chi connectivity index (χ4n) is 3.18. The van der Waals surface area contributed by atoms with E-state index < -0.39 is 59.8 Å². The fraction of sp³-hybridized carbons (Fsp3) is 0.0833. The van der Waals surface area contributed by atoms with Crippen LogP contribution < -0.4 is 18.9 Å². The van der Waals surface area contributed by atoms with Crippen molar-refractivity contribution < 1.29 is 59.3 Å². The van der Waals surface area contributed by atoms with E-state index in [1.807, 2.05) is 0 Å². The maximum atomic E-state index is 13.6. The third-order valence-electron chi connectivity index (χ3n) is 4.80. The fourth-order valence-corrected chi connectivity index (χ4v) is 3.18. The van der Waals surface area contributed by atoms with Crippen LogP contribution in [0.1, 0.15) is 15.9 Å². The molecule has 0 atom stereocenters. The third-order valence-corrected chi connectivity index (χ3v) is 4.80. The number of hydrogen-bond donors (Lipinski definition) is 0. The van der Waals surface area contributed by atoms with Crippen LogP contribution >= 0.6 is 0 Å². The van der Waals surface area contributed by atoms with Gasteiger partial charge in [0.1, 0.15) is 17.2 Å². The van der Waals surface area contributed by atoms with Gasteiger partial charge in [-0.05, 0) is 24.3 Å². The van der Waals surface area contributed by atoms with Crippen LogP contribution in [-0.4, -0.2) is 25.0 Å². The van der Waals surface area contributed by atoms with Crippen LogP contribution in [0.2, 0.25) is 0 Å². The Labute approximate surface area is 202 Å². The van der Waals surface area contributed by atoms with E-state index in [9.17, 15) is 40.3 Å². The summed E-state index contributed by atoms with van der Waals surface area (Å²) in [5.74, 6) is -15.8. The van der Waals surface area contributed by atoms with Crippen LogP contribution in [0, 0.1) is 29.1 Å². The minimum Gasteiger partial charge on any atom is -0.476 e. The monoisotopic (exact) mass is 528 g/mol. The summed E-state index contributed by atoms with van der Waals surface area (Å²) in [5.41, 5.74) is 0.159. The molecule has 192 valence electrons. The quantitative estimate of drug-likeness (QED) is 0.0996. The molecule has 37 heavy (non-hydrogen) atoms. The molecule has 0 N–H and O–H groups in total. The van der Waals surface area contributed by atoms with Gasteiger partial charge < -0.3 is 18.9 Å². The molecule has 1 aliphatic rings. The van der Waals surface area contributed by atoms with Crippen molar-refractivity contribution in [3.05, 3.63) is 88.4 Å². The summed E-state index contributed by atoms with van der Waals surface area (Å²) >= 11 is 0. The van der Waals surface area contributed by atoms with E-state index in [-0.39, 0.29) is 34.1 Å². The Bertz CT molecular complexity index is 1410. The Morgan fingerprint density at radius 3 is 2.24 bits per heavy atom. The van der Waals surface area contributed by atoms with E-state index in [0.717, 1.165) is 12.1 Å². The number of benzene rings is 3. The molecule has 0 spiro atoms. The Balaban J connectivity index is 1.47. The first-order chi connectivity index (χ1) is 17.6. The molecule has 0 aliphatic carbocycles. The van der Waals surface area contributed by atoms with E-state index in [1.165, 1.54) is 36.4 Å². The zero-order valence-electron chi connectivity index (χ0n) is 18.0. The van der Waals surface area contributed by atoms with Crippen LogP contribution in [0.4, 0.5) is 30.7 Å². The Morgan fingerprint density at radius 1 is 0.919 bits per heavy atom. The molecule has 0 unspecified atom stereocenters. The number of fused-ring (bicyclic) bond motifs is 1. The number of ketones is 1. The van der Waals surface area contributed by atoms with Gasteiger partial charge in [-0.2, -0.15) is 17.6 Å². The average Bonchev–Trinajstić information content (AvgIpc) is 3.16. The lowest BCUT2D eigenvalue weighted by Gasteiger charge is -2.10. The number of esters is 1. The lowest BCUT2D eigenvalue weighted by atomic mass is 10.1. The number of alkyl halides is 2. The van der Waals surface area contributed by atoms with E-state index >= 15 is 0 Å². The summed E-state index contributed by atoms with van der Waals surface area (Å²) < 4.78 is 111. The number of carbonyl (C=O) groups excluding carboxylic acids is 2. The first kappa shape index (κ1) is 25.5. The maximum Gasteiger partial charge on any atom is 0.387 e. The summed E-state index contributed by atoms with van der Waals surface area (Å²) in [7, 11) is 0. The largest absolute Gasteiger partial charge is 0.476 e. The van der Waals surface area contributed by atoms with Crippen LogP contribution in [0.15, 0.2) is 48.2 Å². The van der Waals surface area contributed by atoms with Gasteiger partial charge in [-0.1, -0.05) is 18.2 Å². The molecule has 1 aliphatic heterocycles. The normalized spacial score (nSPS) is 13.5. The minimum absolute atomic E-state index is 0.0379. The predicted octanol–water partition coefficient (Wildman–Crippen LogP) is 5.58. The van der Waals surface area contributed by atoms with E-state index in [1.54, 1.807) is 0 Å². The van der Waals surface area contributed by atoms with Crippen molar-refractivity contribution in [1.29, 1.82) is 0 Å². The van der Waals surface area contributed by atoms with Crippen LogP contribution in [0.3, 0.4) is 0 Å². The number of halogens is 7. The molecule has 0 saturated heterocycles. The Kier molecular flexibility index (Phi) is 7.05. The number of ether oxygens (including phenoxy) is 4. The summed E-state index contributed by atoms with van der Waals surface area (Å²) in [6.45, 7) is -4.34. The van der Waals surface area contributed by atoms with Gasteiger partial charge in [0.2, 0.25) is 34.9 Å². The SMILES string of the molecule is O=C(COc1c(F)c(F)c(F)c(F)c1F)Oc1ccc2c(c1)O/C(=C\c1ccccc1OC(F)F)C2=O. The second-order valence-corrected chi connectivity index (χ2v) is 7.18. The summed E-state index contributed by atoms with van der Waals surface area (Å²) in [6.07, 6.45) is 1.17. The summed E-state index contributed by atoms with van der Waals surface area (Å²) in [6, 6.07) is 9.11. The summed E-state index contributed by atoms with van der Waals surface area (Å²) in [5, 5.41) is 0. The second kappa shape index (κ2) is 10.2. The highest BCUT2D eigenvalue weighted by atomic mass is 19.3. The average molecular weight is 528 g/mol. The topological polar surface area (TPSA) is 71.1 Å². The summed E-state index contributed by atoms with van der Waals surface area (Å²) in [4.78, 5) is 24.6. The zero-order valence-corrected chi connectivity index (χ0v) is 18.0. The number of Topliss-reactive ketones (excluding diaryl/α,β-unsaturated/α-hetero) is 1. The van der Waals surface area contributed by atoms with E-state index in [4.69, 9.17) is 9.47 Å². The van der Waals surface area contributed by atoms with Crippen LogP contribution in [-0.2, 0) is 4.79 Å². The zero-order chi connectivity index (χ0) is 26.9. The van der Waals surface area contributed by atoms with Crippen molar-refractivity contribution in [2.24, 2.45) is 0 Å². The lowest BCUT2D eigenvalue weighted by molar-refractivity contribution is -0.136. The van der Waals surface area contributed by atoms with Gasteiger partial charge >= 0.3 is 12.6 Å². The molecule has 0 saturated carbocycles. The van der Waals surface area contributed by atoms with Gasteiger partial charge in [-0.3, -0.25) is 4.79 Å². The van der Waals surface area contributed by atoms with Gasteiger partial charge in [0.05, 0.1) is 5.56 Å². The molecular formula is C24H11F7O6. The molecule has 0 aromatic heterocycles. The van der Waals surface area contributed by atoms with Crippen LogP contribution in [0.5, 0.6) is 23.0 Å². The van der Waals surface area contributed by atoms with Crippen molar-refractivity contribution >= 4 is 17.8 Å². The van der Waals surface area contributed by atoms with Crippen molar-refractivity contribution in [2.75, 3.05) is 6.61 Å². The molecule has 0 amide bonds. The molecule has 3 aromatic carbocycles. The van der Waals surface area contributed by atoms with Crippen molar-refractivity contribution in [3.63, 3.8) is 0 Å². The first-order valence-electron chi connectivity index (χ1n) is 10.0. The number of allylic oxidation sites excluding steroid dienone is 1. The highest BCUT2D eigenvalue weighted by Gasteiger charge is 2.30. The van der Waals surface area contributed by atoms with E-state index in [0.29, 0.717) is 0 Å². The minimum atomic E-state index is -3.10. The van der Waals surface area contributed by atoms with Crippen molar-refractivity contribution in [2.45, 2.75) is 6.61 Å². The smallest absolute Gasteiger partial charge is 0.387 e. The van der Waals surface area contributed by atoms with Gasteiger partial charge in [0.15, 0.2) is 18.1 Å². The molecule has 13 heteroatoms. The second-order valence-electron chi connectivity index (χ2n) is 7.18. The molecule has 6 nitrogen and oxygen atoms in total. The molecule has 4 rings (SSSR count). The first-order valence-corrected chi connectivity index (χ1v) is 10.0. The number of carbonyl (C=O) groups is 2. The molecule has 0 fully saturated rings. The van der Waals surface area contributed by atoms with Crippen LogP contribution in [0.25, 0.3) is 6.08 Å². The van der Waals surface area contributed by atoms with Gasteiger partial charge in [0.25, 0.3) is 0 Å². The van der Waals surface area contributed by atoms with Gasteiger partial charge in [0, 0.05) is 11.6 Å². The van der Waals surface area contributed by atoms with Gasteiger partial charge in [-0.25, -0.2) is 18.0 Å². The highest BCUT2D eigenvalue weighted by molar-refractivity contribution is 6.14. The van der Waals surface area contributed by atoms with Crippen molar-refractivity contribution in [1.82, 2.24) is 0 Å². The third kappa shape index (κ3) is 5.20. The number of rotatable bonds is 7. The Morgan fingerprint density at radius 2 is 1.57 bits per heavy atom. The Hall–Kier alpha value is -4.55. The molecule has 0 bridgehead atoms. The standard InChI is InChI=1S/C24H11F7O6/c25-17-18(26)20(28)23(21(29)19(17)27)34-9-16(32)35-11-5-6-12-14(8-11)36-15(22(12)33)7-10-3-1-2-4-13(10)37-24(30)31/h1-8,24H,9H2/b15-7-. The maximum absolute atomic E-state index is 13.6. The molecule has 3 aromatic rings. The number of hydrogen-bond acceptors (Lipinski definition) is 6. The lowest BCUT2D eigenvalue weighted by Crippen LogP contribution is -2.19. The highest BCUT2D eigenvalue weighted by Crippen LogP contribution is 2.36. The molecule has 1 heterocycles. The van der Waals surface area contributed by atoms with Gasteiger partial charge in [-0.15, -0.1) is 0 Å². The number of para-hydroxylation sites is 1.